The van der Waals surface area contributed by atoms with Crippen molar-refractivity contribution in [1.29, 1.82) is 0 Å². The highest BCUT2D eigenvalue weighted by molar-refractivity contribution is 5.70. The molecule has 1 rings (SSSR count). The second kappa shape index (κ2) is 5.40. The van der Waals surface area contributed by atoms with E-state index in [0.717, 1.165) is 5.56 Å². The Morgan fingerprint density at radius 3 is 2.57 bits per heavy atom. The summed E-state index contributed by atoms with van der Waals surface area (Å²) in [7, 11) is 1.39. The van der Waals surface area contributed by atoms with Crippen LogP contribution in [-0.2, 0) is 9.53 Å². The quantitative estimate of drug-likeness (QED) is 0.733. The van der Waals surface area contributed by atoms with Crippen molar-refractivity contribution < 1.29 is 9.53 Å². The van der Waals surface area contributed by atoms with Crippen LogP contribution in [0.5, 0.6) is 0 Å². The standard InChI is InChI=1S/C11H15NO2/c1-14-11(13)7-10(8-12)9-5-3-2-4-6-9/h2-6,10H,7-8,12H2,1H3/t10-/m1/s1. The minimum absolute atomic E-state index is 0.0589. The average Bonchev–Trinajstić information content (AvgIpc) is 2.26. The molecule has 0 aliphatic carbocycles. The number of benzene rings is 1. The van der Waals surface area contributed by atoms with Gasteiger partial charge >= 0.3 is 5.97 Å². The van der Waals surface area contributed by atoms with Crippen molar-refractivity contribution in [3.8, 4) is 0 Å². The summed E-state index contributed by atoms with van der Waals surface area (Å²) in [6.07, 6.45) is 0.344. The summed E-state index contributed by atoms with van der Waals surface area (Å²) in [6, 6.07) is 9.76. The van der Waals surface area contributed by atoms with Gasteiger partial charge in [0.1, 0.15) is 0 Å². The fourth-order valence-electron chi connectivity index (χ4n) is 1.35. The lowest BCUT2D eigenvalue weighted by Crippen LogP contribution is -2.17. The molecule has 0 spiro atoms. The van der Waals surface area contributed by atoms with E-state index in [-0.39, 0.29) is 11.9 Å². The zero-order chi connectivity index (χ0) is 10.4. The van der Waals surface area contributed by atoms with Crippen LogP contribution in [0.4, 0.5) is 0 Å². The Kier molecular flexibility index (Phi) is 4.13. The van der Waals surface area contributed by atoms with Gasteiger partial charge in [-0.1, -0.05) is 30.3 Å². The molecule has 1 aromatic carbocycles. The lowest BCUT2D eigenvalue weighted by atomic mass is 9.96. The summed E-state index contributed by atoms with van der Waals surface area (Å²) in [5.74, 6) is -0.159. The van der Waals surface area contributed by atoms with Gasteiger partial charge in [0.05, 0.1) is 13.5 Å². The molecule has 3 heteroatoms. The normalized spacial score (nSPS) is 12.1. The van der Waals surface area contributed by atoms with E-state index >= 15 is 0 Å². The fraction of sp³-hybridized carbons (Fsp3) is 0.364. The predicted octanol–water partition coefficient (Wildman–Crippen LogP) is 1.29. The number of methoxy groups -OCH3 is 1. The first-order valence-corrected chi connectivity index (χ1v) is 4.59. The first kappa shape index (κ1) is 10.7. The third-order valence-corrected chi connectivity index (χ3v) is 2.20. The van der Waals surface area contributed by atoms with Gasteiger partial charge in [0, 0.05) is 5.92 Å². The van der Waals surface area contributed by atoms with Crippen LogP contribution in [-0.4, -0.2) is 19.6 Å². The van der Waals surface area contributed by atoms with Gasteiger partial charge in [0.25, 0.3) is 0 Å². The third-order valence-electron chi connectivity index (χ3n) is 2.20. The second-order valence-corrected chi connectivity index (χ2v) is 3.12. The highest BCUT2D eigenvalue weighted by Crippen LogP contribution is 2.18. The van der Waals surface area contributed by atoms with E-state index in [1.165, 1.54) is 7.11 Å². The molecule has 3 nitrogen and oxygen atoms in total. The molecule has 0 bridgehead atoms. The second-order valence-electron chi connectivity index (χ2n) is 3.12. The molecule has 0 saturated carbocycles. The zero-order valence-corrected chi connectivity index (χ0v) is 8.27. The Hall–Kier alpha value is -1.35. The summed E-state index contributed by atoms with van der Waals surface area (Å²) in [6.45, 7) is 0.457. The van der Waals surface area contributed by atoms with E-state index in [0.29, 0.717) is 13.0 Å². The van der Waals surface area contributed by atoms with E-state index < -0.39 is 0 Å². The van der Waals surface area contributed by atoms with Gasteiger partial charge in [-0.15, -0.1) is 0 Å². The summed E-state index contributed by atoms with van der Waals surface area (Å²) in [5.41, 5.74) is 6.68. The maximum atomic E-state index is 11.1. The maximum Gasteiger partial charge on any atom is 0.306 e. The van der Waals surface area contributed by atoms with E-state index in [1.54, 1.807) is 0 Å². The zero-order valence-electron chi connectivity index (χ0n) is 8.27. The number of rotatable bonds is 4. The molecule has 0 saturated heterocycles. The Morgan fingerprint density at radius 2 is 2.07 bits per heavy atom. The van der Waals surface area contributed by atoms with E-state index in [9.17, 15) is 4.79 Å². The minimum Gasteiger partial charge on any atom is -0.469 e. The van der Waals surface area contributed by atoms with Gasteiger partial charge in [-0.3, -0.25) is 4.79 Å². The summed E-state index contributed by atoms with van der Waals surface area (Å²) in [4.78, 5) is 11.1. The van der Waals surface area contributed by atoms with Gasteiger partial charge in [0.2, 0.25) is 0 Å². The topological polar surface area (TPSA) is 52.3 Å². The molecular formula is C11H15NO2. The first-order valence-electron chi connectivity index (χ1n) is 4.59. The van der Waals surface area contributed by atoms with Gasteiger partial charge in [-0.05, 0) is 12.1 Å². The molecule has 0 amide bonds. The number of nitrogens with two attached hydrogens (primary N) is 1. The van der Waals surface area contributed by atoms with Gasteiger partial charge in [-0.2, -0.15) is 0 Å². The lowest BCUT2D eigenvalue weighted by Gasteiger charge is -2.13. The Balaban J connectivity index is 2.68. The van der Waals surface area contributed by atoms with Crippen LogP contribution in [0.15, 0.2) is 30.3 Å². The Labute approximate surface area is 83.9 Å². The fourth-order valence-corrected chi connectivity index (χ4v) is 1.35. The first-order chi connectivity index (χ1) is 6.77. The van der Waals surface area contributed by atoms with Crippen LogP contribution in [0.25, 0.3) is 0 Å². The van der Waals surface area contributed by atoms with E-state index in [1.807, 2.05) is 30.3 Å². The molecule has 0 aliphatic heterocycles. The number of esters is 1. The van der Waals surface area contributed by atoms with Crippen molar-refractivity contribution >= 4 is 5.97 Å². The predicted molar refractivity (Wildman–Crippen MR) is 54.9 cm³/mol. The van der Waals surface area contributed by atoms with Crippen LogP contribution in [0.2, 0.25) is 0 Å². The van der Waals surface area contributed by atoms with Crippen molar-refractivity contribution in [2.75, 3.05) is 13.7 Å². The van der Waals surface area contributed by atoms with Crippen LogP contribution in [0.3, 0.4) is 0 Å². The molecule has 0 aliphatic rings. The lowest BCUT2D eigenvalue weighted by molar-refractivity contribution is -0.141. The van der Waals surface area contributed by atoms with Gasteiger partial charge < -0.3 is 10.5 Å². The maximum absolute atomic E-state index is 11.1. The highest BCUT2D eigenvalue weighted by atomic mass is 16.5. The average molecular weight is 193 g/mol. The number of carbonyl (C=O) groups excluding carboxylic acids is 1. The number of ether oxygens (including phenoxy) is 1. The largest absolute Gasteiger partial charge is 0.469 e. The SMILES string of the molecule is COC(=O)C[C@H](CN)c1ccccc1. The van der Waals surface area contributed by atoms with Gasteiger partial charge in [0.15, 0.2) is 0 Å². The monoisotopic (exact) mass is 193 g/mol. The van der Waals surface area contributed by atoms with E-state index in [4.69, 9.17) is 5.73 Å². The summed E-state index contributed by atoms with van der Waals surface area (Å²) >= 11 is 0. The highest BCUT2D eigenvalue weighted by Gasteiger charge is 2.14. The molecule has 0 fully saturated rings. The smallest absolute Gasteiger partial charge is 0.306 e. The number of hydrogen-bond acceptors (Lipinski definition) is 3. The molecular weight excluding hydrogens is 178 g/mol. The molecule has 0 heterocycles. The number of carbonyl (C=O) groups is 1. The van der Waals surface area contributed by atoms with E-state index in [2.05, 4.69) is 4.74 Å². The molecule has 2 N–H and O–H groups in total. The molecule has 0 unspecified atom stereocenters. The van der Waals surface area contributed by atoms with Crippen LogP contribution >= 0.6 is 0 Å². The molecule has 0 radical (unpaired) electrons. The van der Waals surface area contributed by atoms with Crippen LogP contribution in [0, 0.1) is 0 Å². The Morgan fingerprint density at radius 1 is 1.43 bits per heavy atom. The van der Waals surface area contributed by atoms with Crippen molar-refractivity contribution in [3.63, 3.8) is 0 Å². The van der Waals surface area contributed by atoms with Crippen LogP contribution < -0.4 is 5.73 Å². The third kappa shape index (κ3) is 2.85. The van der Waals surface area contributed by atoms with Gasteiger partial charge in [-0.25, -0.2) is 0 Å². The van der Waals surface area contributed by atoms with Crippen molar-refractivity contribution in [2.24, 2.45) is 5.73 Å². The summed E-state index contributed by atoms with van der Waals surface area (Å²) < 4.78 is 4.61. The van der Waals surface area contributed by atoms with Crippen molar-refractivity contribution in [2.45, 2.75) is 12.3 Å². The van der Waals surface area contributed by atoms with Crippen LogP contribution in [0.1, 0.15) is 17.9 Å². The van der Waals surface area contributed by atoms with Crippen molar-refractivity contribution in [1.82, 2.24) is 0 Å². The number of hydrogen-bond donors (Lipinski definition) is 1. The molecule has 14 heavy (non-hydrogen) atoms. The summed E-state index contributed by atoms with van der Waals surface area (Å²) in [5, 5.41) is 0. The molecule has 0 aromatic heterocycles. The Bertz CT molecular complexity index is 285. The minimum atomic E-state index is -0.218. The molecule has 1 aromatic rings. The molecule has 1 atom stereocenters. The molecule has 76 valence electrons. The van der Waals surface area contributed by atoms with Crippen molar-refractivity contribution in [3.05, 3.63) is 35.9 Å².